The van der Waals surface area contributed by atoms with Gasteiger partial charge in [0, 0.05) is 120 Å². The molecule has 8 rings (SSSR count). The van der Waals surface area contributed by atoms with Crippen LogP contribution in [0.2, 0.25) is 0 Å². The van der Waals surface area contributed by atoms with Crippen LogP contribution in [0, 0.1) is 59.2 Å². The topological polar surface area (TPSA) is 460 Å². The summed E-state index contributed by atoms with van der Waals surface area (Å²) in [5.41, 5.74) is 36.8. The number of carbonyl (C=O) groups is 7. The molecule has 0 radical (unpaired) electrons. The number of hydrogen-bond acceptors (Lipinski definition) is 18. The van der Waals surface area contributed by atoms with Crippen molar-refractivity contribution in [3.8, 4) is 0 Å². The molecule has 1 aromatic carbocycles. The molecule has 0 aliphatic carbocycles. The normalized spacial score (nSPS) is 33.4. The first-order chi connectivity index (χ1) is 41.8. The Labute approximate surface area is 522 Å². The number of rotatable bonds is 26. The summed E-state index contributed by atoms with van der Waals surface area (Å²) in [7, 11) is -5.07. The first-order valence-corrected chi connectivity index (χ1v) is 31.9. The van der Waals surface area contributed by atoms with E-state index in [0.29, 0.717) is 62.1 Å². The number of benzene rings is 1. The number of aryl methyl sites for hydroxylation is 2. The molecule has 6 aliphatic heterocycles. The Morgan fingerprint density at radius 3 is 1.90 bits per heavy atom. The largest absolute Gasteiger partial charge is 0.472 e. The van der Waals surface area contributed by atoms with Crippen LogP contribution in [-0.2, 0) is 51.9 Å². The van der Waals surface area contributed by atoms with Crippen LogP contribution in [0.1, 0.15) is 150 Å². The van der Waals surface area contributed by atoms with Gasteiger partial charge in [0.15, 0.2) is 6.23 Å². The minimum Gasteiger partial charge on any atom is -0.394 e. The minimum atomic E-state index is -5.07. The Morgan fingerprint density at radius 2 is 1.31 bits per heavy atom. The summed E-state index contributed by atoms with van der Waals surface area (Å²) in [6.07, 6.45) is -4.63. The number of amides is 7. The molecule has 8 bridgehead atoms. The number of primary amides is 6. The highest BCUT2D eigenvalue weighted by atomic mass is 31.2. The number of aliphatic hydroxyl groups excluding tert-OH is 2. The molecule has 1 unspecified atom stereocenters. The Kier molecular flexibility index (Phi) is 19.5. The molecule has 90 heavy (non-hydrogen) atoms. The highest BCUT2D eigenvalue weighted by molar-refractivity contribution is 7.47. The maximum absolute atomic E-state index is 14.4. The molecule has 490 valence electrons. The third kappa shape index (κ3) is 12.9. The Morgan fingerprint density at radius 1 is 0.733 bits per heavy atom. The van der Waals surface area contributed by atoms with Gasteiger partial charge in [0.25, 0.3) is 0 Å². The molecular weight excluding hydrogens is 1180 g/mol. The zero-order chi connectivity index (χ0) is 66.7. The number of allylic oxidation sites excluding steroid dienone is 6. The van der Waals surface area contributed by atoms with Crippen molar-refractivity contribution in [1.29, 1.82) is 0 Å². The van der Waals surface area contributed by atoms with Crippen molar-refractivity contribution >= 4 is 83.1 Å². The quantitative estimate of drug-likeness (QED) is 0.0601. The highest BCUT2D eigenvalue weighted by Gasteiger charge is 2.65. The fourth-order valence-corrected chi connectivity index (χ4v) is 16.2. The standard InChI is InChI=1S/C62H88N13O14P/c1-29-20-39-40(21-30(29)2)75(28-70-39)57-52(84)53(41(27-76)87-57)89-90(85,86)88-31(3)26-69-49(83)18-19-59(8)37(22-46(66)80)56-62(11)61(10,25-48(68)82)36(14-17-45(65)79)51(74-62)33(5)55-60(9,24-47(67)81)34(12-15-43(63)77)38(71-55)23-42-58(6,7)35(13-16-44(64)78)50(72-42)32(4)54(59)73-56/h20-21,23,28,31,34-37,41,52-53,57,76,84H,12-19,22,24-27H2,1-11H3,(H2,63,77)(H2,64,78)(H2,65,79)(H2,66,80)(H2,67,81)(H2,68,82)(H,69,83)(H,85,86)/b42-23-,54-32-,55-33-/t31-,34-,35-,36-,37+,41-,52-,53-,57+,59-,60+,61+,62+/m1/s1. The average molecular weight is 1270 g/mol. The number of phosphoric acid groups is 1. The molecular formula is C62H88N13O14P. The zero-order valence-electron chi connectivity index (χ0n) is 53.1. The van der Waals surface area contributed by atoms with Gasteiger partial charge in [0.2, 0.25) is 41.4 Å². The van der Waals surface area contributed by atoms with E-state index in [1.54, 1.807) is 25.3 Å². The fraction of sp³-hybridized carbons (Fsp3) is 0.613. The molecule has 27 nitrogen and oxygen atoms in total. The van der Waals surface area contributed by atoms with Gasteiger partial charge < -0.3 is 64.1 Å². The minimum absolute atomic E-state index is 0.0372. The first kappa shape index (κ1) is 68.8. The molecule has 7 amide bonds. The van der Waals surface area contributed by atoms with E-state index >= 15 is 0 Å². The summed E-state index contributed by atoms with van der Waals surface area (Å²) < 4.78 is 32.2. The summed E-state index contributed by atoms with van der Waals surface area (Å²) in [6.45, 7) is 19.0. The molecule has 1 fully saturated rings. The molecule has 6 aliphatic rings. The molecule has 1 saturated heterocycles. The monoisotopic (exact) mass is 1270 g/mol. The van der Waals surface area contributed by atoms with Crippen LogP contribution in [0.25, 0.3) is 11.0 Å². The van der Waals surface area contributed by atoms with Crippen LogP contribution in [0.5, 0.6) is 0 Å². The number of nitrogens with two attached hydrogens (primary N) is 6. The maximum Gasteiger partial charge on any atom is 0.472 e. The van der Waals surface area contributed by atoms with Crippen LogP contribution < -0.4 is 39.7 Å². The van der Waals surface area contributed by atoms with E-state index < -0.39 is 137 Å². The second kappa shape index (κ2) is 25.5. The fourth-order valence-electron chi connectivity index (χ4n) is 15.0. The number of nitrogens with one attached hydrogen (secondary N) is 1. The predicted molar refractivity (Wildman–Crippen MR) is 334 cm³/mol. The number of nitrogens with zero attached hydrogens (tertiary/aromatic N) is 6. The summed E-state index contributed by atoms with van der Waals surface area (Å²) in [5.74, 6) is -7.52. The number of aromatic nitrogens is 2. The molecule has 14 atom stereocenters. The van der Waals surface area contributed by atoms with Crippen molar-refractivity contribution in [2.75, 3.05) is 13.2 Å². The number of aliphatic imine (C=N–C) groups is 4. The molecule has 16 N–H and O–H groups in total. The Bertz CT molecular complexity index is 3600. The van der Waals surface area contributed by atoms with Gasteiger partial charge in [-0.25, -0.2) is 9.55 Å². The number of imidazole rings is 1. The van der Waals surface area contributed by atoms with Crippen LogP contribution in [0.3, 0.4) is 0 Å². The van der Waals surface area contributed by atoms with E-state index in [-0.39, 0.29) is 77.2 Å². The number of fused-ring (bicyclic) bond motifs is 6. The van der Waals surface area contributed by atoms with Gasteiger partial charge in [0.1, 0.15) is 23.9 Å². The van der Waals surface area contributed by atoms with Gasteiger partial charge in [-0.3, -0.25) is 62.6 Å². The summed E-state index contributed by atoms with van der Waals surface area (Å²) in [4.78, 5) is 131. The van der Waals surface area contributed by atoms with Crippen molar-refractivity contribution in [2.24, 2.45) is 99.7 Å². The lowest BCUT2D eigenvalue weighted by Crippen LogP contribution is -2.54. The van der Waals surface area contributed by atoms with E-state index in [0.717, 1.165) is 11.1 Å². The van der Waals surface area contributed by atoms with Crippen molar-refractivity contribution in [2.45, 2.75) is 183 Å². The molecule has 7 heterocycles. The lowest BCUT2D eigenvalue weighted by Gasteiger charge is -2.45. The van der Waals surface area contributed by atoms with Crippen LogP contribution >= 0.6 is 7.82 Å². The van der Waals surface area contributed by atoms with E-state index in [1.807, 2.05) is 66.7 Å². The van der Waals surface area contributed by atoms with Crippen LogP contribution in [0.15, 0.2) is 72.7 Å². The van der Waals surface area contributed by atoms with Crippen molar-refractivity contribution in [3.63, 3.8) is 0 Å². The van der Waals surface area contributed by atoms with Crippen molar-refractivity contribution < 1.29 is 67.0 Å². The van der Waals surface area contributed by atoms with Crippen molar-refractivity contribution in [3.05, 3.63) is 63.9 Å². The maximum atomic E-state index is 14.4. The molecule has 1 aromatic heterocycles. The molecule has 2 aromatic rings. The Balaban J connectivity index is 1.20. The third-order valence-electron chi connectivity index (χ3n) is 20.2. The van der Waals surface area contributed by atoms with Gasteiger partial charge in [-0.2, -0.15) is 0 Å². The third-order valence-corrected chi connectivity index (χ3v) is 21.3. The van der Waals surface area contributed by atoms with E-state index in [1.165, 1.54) is 13.3 Å². The van der Waals surface area contributed by atoms with Crippen LogP contribution in [-0.4, -0.2) is 132 Å². The van der Waals surface area contributed by atoms with Crippen LogP contribution in [0.4, 0.5) is 0 Å². The highest BCUT2D eigenvalue weighted by Crippen LogP contribution is 2.62. The number of phosphoric ester groups is 1. The summed E-state index contributed by atoms with van der Waals surface area (Å²) >= 11 is 0. The number of carbonyl (C=O) groups excluding carboxylic acids is 7. The van der Waals surface area contributed by atoms with Gasteiger partial charge in [-0.15, -0.1) is 0 Å². The van der Waals surface area contributed by atoms with Gasteiger partial charge in [0.05, 0.1) is 47.2 Å². The summed E-state index contributed by atoms with van der Waals surface area (Å²) in [6, 6.07) is 3.73. The zero-order valence-corrected chi connectivity index (χ0v) is 54.0. The second-order valence-electron chi connectivity index (χ2n) is 26.8. The lowest BCUT2D eigenvalue weighted by molar-refractivity contribution is -0.123. The lowest BCUT2D eigenvalue weighted by atomic mass is 9.56. The van der Waals surface area contributed by atoms with Gasteiger partial charge in [-0.05, 0) is 108 Å². The van der Waals surface area contributed by atoms with Gasteiger partial charge in [-0.1, -0.05) is 34.6 Å². The smallest absolute Gasteiger partial charge is 0.394 e. The SMILES string of the molecule is C/C1=C2/N=C([C@H](CC(N)=O)[C@@]2(C)CCC(=O)NC[C@@H](C)OP(=O)(O)O[C@H]2[C@@H](O)[C@@H](n3cnc4cc(C)c(C)cc43)O[C@@H]2CO)[C@]2(C)N=C(/C(C)=C3N=C(/C=C4N=C1[C@@H](CCC(N)=O)C\4(C)C)[C@@H](CCC(N)=O)[C@]\3(C)CC(N)=O)[C@@H](CCC(N)=O)[C@]2(C)CC(N)=O. The summed E-state index contributed by atoms with van der Waals surface area (Å²) in [5, 5.41) is 24.6. The van der Waals surface area contributed by atoms with E-state index in [4.69, 9.17) is 68.2 Å². The average Bonchev–Trinajstić information content (AvgIpc) is 1.53. The number of ether oxygens (including phenoxy) is 1. The number of hydrogen-bond donors (Lipinski definition) is 10. The second-order valence-corrected chi connectivity index (χ2v) is 28.2. The number of aliphatic hydroxyl groups is 2. The van der Waals surface area contributed by atoms with Crippen molar-refractivity contribution in [1.82, 2.24) is 14.9 Å². The van der Waals surface area contributed by atoms with E-state index in [2.05, 4.69) is 10.3 Å². The van der Waals surface area contributed by atoms with E-state index in [9.17, 15) is 53.2 Å². The predicted octanol–water partition coefficient (Wildman–Crippen LogP) is 3.65. The molecule has 0 saturated carbocycles. The first-order valence-electron chi connectivity index (χ1n) is 30.4. The molecule has 28 heteroatoms. The molecule has 0 spiro atoms. The van der Waals surface area contributed by atoms with Gasteiger partial charge >= 0.3 is 7.82 Å². The Hall–Kier alpha value is -7.13.